The van der Waals surface area contributed by atoms with E-state index in [1.807, 2.05) is 23.1 Å². The van der Waals surface area contributed by atoms with E-state index >= 15 is 0 Å². The van der Waals surface area contributed by atoms with Crippen LogP contribution in [0.5, 0.6) is 0 Å². The van der Waals surface area contributed by atoms with Crippen molar-refractivity contribution in [2.45, 2.75) is 17.1 Å². The Bertz CT molecular complexity index is 424. The third-order valence-electron chi connectivity index (χ3n) is 2.40. The highest BCUT2D eigenvalue weighted by Gasteiger charge is 2.25. The quantitative estimate of drug-likeness (QED) is 0.912. The number of rotatable bonds is 2. The lowest BCUT2D eigenvalue weighted by Crippen LogP contribution is -2.37. The lowest BCUT2D eigenvalue weighted by Gasteiger charge is -2.33. The van der Waals surface area contributed by atoms with E-state index in [4.69, 9.17) is 5.11 Å². The number of nitrogens with zero attached hydrogens (tertiary/aromatic N) is 1. The molecule has 0 saturated heterocycles. The number of para-hydroxylation sites is 1. The number of fused-ring (bicyclic) bond motifs is 1. The summed E-state index contributed by atoms with van der Waals surface area (Å²) in [5.74, 6) is -0.791. The van der Waals surface area contributed by atoms with Crippen molar-refractivity contribution in [1.82, 2.24) is 0 Å². The van der Waals surface area contributed by atoms with E-state index < -0.39 is 5.97 Å². The lowest BCUT2D eigenvalue weighted by atomic mass is 10.2. The normalized spacial score (nSPS) is 19.4. The summed E-state index contributed by atoms with van der Waals surface area (Å²) in [6, 6.07) is 5.96. The summed E-state index contributed by atoms with van der Waals surface area (Å²) in [5, 5.41) is 9.32. The second kappa shape index (κ2) is 4.67. The minimum Gasteiger partial charge on any atom is -0.480 e. The molecule has 86 valence electrons. The van der Waals surface area contributed by atoms with Crippen molar-refractivity contribution in [1.29, 1.82) is 0 Å². The third kappa shape index (κ3) is 2.35. The summed E-state index contributed by atoms with van der Waals surface area (Å²) in [6.45, 7) is 2.94. The molecule has 1 atom stereocenters. The van der Waals surface area contributed by atoms with Gasteiger partial charge in [0.05, 0.1) is 5.69 Å². The lowest BCUT2D eigenvalue weighted by molar-refractivity contribution is -0.135. The van der Waals surface area contributed by atoms with Crippen molar-refractivity contribution in [3.63, 3.8) is 0 Å². The molecule has 0 bridgehead atoms. The molecule has 2 rings (SSSR count). The molecule has 0 aliphatic carbocycles. The number of hydrogen-bond acceptors (Lipinski definition) is 3. The molecule has 16 heavy (non-hydrogen) atoms. The van der Waals surface area contributed by atoms with Crippen LogP contribution in [0.4, 0.5) is 5.69 Å². The molecule has 1 unspecified atom stereocenters. The maximum Gasteiger partial charge on any atom is 0.323 e. The predicted octanol–water partition coefficient (Wildman–Crippen LogP) is 2.83. The van der Waals surface area contributed by atoms with Gasteiger partial charge in [-0.25, -0.2) is 0 Å². The second-order valence-electron chi connectivity index (χ2n) is 3.79. The van der Waals surface area contributed by atoms with Gasteiger partial charge in [-0.3, -0.25) is 4.79 Å². The van der Waals surface area contributed by atoms with E-state index in [2.05, 4.69) is 22.9 Å². The Kier molecular flexibility index (Phi) is 3.44. The summed E-state index contributed by atoms with van der Waals surface area (Å²) in [4.78, 5) is 13.9. The summed E-state index contributed by atoms with van der Waals surface area (Å²) in [5.41, 5.74) is 1.01. The molecule has 0 spiro atoms. The molecule has 1 aliphatic heterocycles. The topological polar surface area (TPSA) is 40.5 Å². The number of halogens is 1. The van der Waals surface area contributed by atoms with E-state index in [9.17, 15) is 4.79 Å². The summed E-state index contributed by atoms with van der Waals surface area (Å²) >= 11 is 5.28. The van der Waals surface area contributed by atoms with Crippen molar-refractivity contribution in [3.8, 4) is 0 Å². The van der Waals surface area contributed by atoms with Crippen LogP contribution in [0.2, 0.25) is 0 Å². The maximum atomic E-state index is 10.8. The first-order valence-corrected chi connectivity index (χ1v) is 6.67. The smallest absolute Gasteiger partial charge is 0.323 e. The third-order valence-corrected chi connectivity index (χ3v) is 4.17. The molecule has 1 aliphatic rings. The van der Waals surface area contributed by atoms with Crippen LogP contribution in [0.25, 0.3) is 0 Å². The van der Waals surface area contributed by atoms with Gasteiger partial charge in [0.15, 0.2) is 0 Å². The number of aliphatic carboxylic acids is 1. The maximum absolute atomic E-state index is 10.8. The molecular weight excluding hydrogens is 290 g/mol. The van der Waals surface area contributed by atoms with Gasteiger partial charge >= 0.3 is 5.97 Å². The van der Waals surface area contributed by atoms with Crippen LogP contribution < -0.4 is 4.90 Å². The zero-order valence-corrected chi connectivity index (χ0v) is 11.2. The van der Waals surface area contributed by atoms with Crippen LogP contribution in [0.3, 0.4) is 0 Å². The Morgan fingerprint density at radius 3 is 3.12 bits per heavy atom. The average molecular weight is 302 g/mol. The highest BCUT2D eigenvalue weighted by Crippen LogP contribution is 2.42. The van der Waals surface area contributed by atoms with Crippen molar-refractivity contribution in [2.24, 2.45) is 0 Å². The number of anilines is 1. The van der Waals surface area contributed by atoms with E-state index in [0.717, 1.165) is 21.6 Å². The number of hydrogen-bond donors (Lipinski definition) is 1. The number of thioether (sulfide) groups is 1. The van der Waals surface area contributed by atoms with Gasteiger partial charge in [-0.2, -0.15) is 0 Å². The van der Waals surface area contributed by atoms with E-state index in [-0.39, 0.29) is 6.54 Å². The fourth-order valence-electron chi connectivity index (χ4n) is 1.86. The van der Waals surface area contributed by atoms with Crippen molar-refractivity contribution < 1.29 is 9.90 Å². The minimum absolute atomic E-state index is 0.0561. The zero-order valence-electron chi connectivity index (χ0n) is 8.81. The van der Waals surface area contributed by atoms with Crippen molar-refractivity contribution >= 4 is 39.3 Å². The van der Waals surface area contributed by atoms with Gasteiger partial charge in [0.2, 0.25) is 0 Å². The van der Waals surface area contributed by atoms with Gasteiger partial charge in [-0.15, -0.1) is 11.8 Å². The Hall–Kier alpha value is -0.680. The fraction of sp³-hybridized carbons (Fsp3) is 0.364. The monoisotopic (exact) mass is 301 g/mol. The van der Waals surface area contributed by atoms with Gasteiger partial charge in [-0.1, -0.05) is 13.0 Å². The molecule has 0 fully saturated rings. The molecule has 5 heteroatoms. The molecular formula is C11H12BrNO2S. The molecule has 0 saturated carbocycles. The van der Waals surface area contributed by atoms with Gasteiger partial charge in [0.1, 0.15) is 6.54 Å². The first kappa shape index (κ1) is 11.8. The first-order chi connectivity index (χ1) is 7.58. The van der Waals surface area contributed by atoms with E-state index in [1.165, 1.54) is 0 Å². The Balaban J connectivity index is 2.39. The molecule has 1 aromatic rings. The van der Waals surface area contributed by atoms with Gasteiger partial charge in [0.25, 0.3) is 0 Å². The minimum atomic E-state index is -0.791. The standard InChI is InChI=1S/C11H12BrNO2S/c1-7-5-13(6-10(14)15)11-8(12)3-2-4-9(11)16-7/h2-4,7H,5-6H2,1H3,(H,14,15). The molecule has 1 heterocycles. The molecule has 0 aromatic heterocycles. The van der Waals surface area contributed by atoms with E-state index in [1.54, 1.807) is 11.8 Å². The Morgan fingerprint density at radius 2 is 2.44 bits per heavy atom. The fourth-order valence-corrected chi connectivity index (χ4v) is 3.80. The van der Waals surface area contributed by atoms with Crippen LogP contribution in [0.15, 0.2) is 27.6 Å². The van der Waals surface area contributed by atoms with Gasteiger partial charge in [-0.05, 0) is 28.1 Å². The number of carboxylic acid groups (broad SMARTS) is 1. The Morgan fingerprint density at radius 1 is 1.69 bits per heavy atom. The molecule has 1 N–H and O–H groups in total. The van der Waals surface area contributed by atoms with Crippen molar-refractivity contribution in [3.05, 3.63) is 22.7 Å². The summed E-state index contributed by atoms with van der Waals surface area (Å²) < 4.78 is 0.964. The molecule has 0 radical (unpaired) electrons. The van der Waals surface area contributed by atoms with Crippen molar-refractivity contribution in [2.75, 3.05) is 18.0 Å². The highest BCUT2D eigenvalue weighted by atomic mass is 79.9. The van der Waals surface area contributed by atoms with Crippen LogP contribution in [0.1, 0.15) is 6.92 Å². The van der Waals surface area contributed by atoms with Gasteiger partial charge < -0.3 is 10.0 Å². The molecule has 0 amide bonds. The van der Waals surface area contributed by atoms with Crippen LogP contribution >= 0.6 is 27.7 Å². The van der Waals surface area contributed by atoms with Crippen LogP contribution in [-0.2, 0) is 4.79 Å². The van der Waals surface area contributed by atoms with Crippen LogP contribution in [0, 0.1) is 0 Å². The molecule has 1 aromatic carbocycles. The number of carbonyl (C=O) groups is 1. The predicted molar refractivity (Wildman–Crippen MR) is 69.3 cm³/mol. The summed E-state index contributed by atoms with van der Waals surface area (Å²) in [6.07, 6.45) is 0. The van der Waals surface area contributed by atoms with E-state index in [0.29, 0.717) is 5.25 Å². The SMILES string of the molecule is CC1CN(CC(=O)O)c2c(Br)cccc2S1. The highest BCUT2D eigenvalue weighted by molar-refractivity contribution is 9.10. The second-order valence-corrected chi connectivity index (χ2v) is 6.12. The zero-order chi connectivity index (χ0) is 11.7. The first-order valence-electron chi connectivity index (χ1n) is 5.00. The largest absolute Gasteiger partial charge is 0.480 e. The molecule has 3 nitrogen and oxygen atoms in total. The number of benzene rings is 1. The number of carboxylic acids is 1. The van der Waals surface area contributed by atoms with Gasteiger partial charge in [0, 0.05) is 21.2 Å². The van der Waals surface area contributed by atoms with Crippen LogP contribution in [-0.4, -0.2) is 29.4 Å². The summed E-state index contributed by atoms with van der Waals surface area (Å²) in [7, 11) is 0. The Labute approximate surface area is 107 Å². The average Bonchev–Trinajstić information content (AvgIpc) is 2.15.